The molecule has 2 heterocycles. The van der Waals surface area contributed by atoms with Gasteiger partial charge in [-0.15, -0.1) is 40.1 Å². The zero-order valence-electron chi connectivity index (χ0n) is 20.5. The van der Waals surface area contributed by atoms with Crippen LogP contribution in [0, 0.1) is 6.07 Å². The van der Waals surface area contributed by atoms with E-state index in [9.17, 15) is 4.79 Å². The van der Waals surface area contributed by atoms with Crippen molar-refractivity contribution in [2.24, 2.45) is 0 Å². The molecule has 0 unspecified atom stereocenters. The Morgan fingerprint density at radius 2 is 1.63 bits per heavy atom. The summed E-state index contributed by atoms with van der Waals surface area (Å²) in [7, 11) is -1.51. The molecule has 0 fully saturated rings. The fourth-order valence-corrected chi connectivity index (χ4v) is 6.66. The van der Waals surface area contributed by atoms with E-state index in [1.165, 1.54) is 51.4 Å². The van der Waals surface area contributed by atoms with E-state index in [1.54, 1.807) is 11.3 Å². The van der Waals surface area contributed by atoms with Crippen molar-refractivity contribution in [3.05, 3.63) is 83.9 Å². The number of nitrogens with zero attached hydrogens (tertiary/aromatic N) is 1. The molecule has 1 N–H and O–H groups in total. The second kappa shape index (κ2) is 11.0. The Kier molecular flexibility index (Phi) is 8.44. The van der Waals surface area contributed by atoms with E-state index in [-0.39, 0.29) is 31.6 Å². The maximum atomic E-state index is 10.0. The Bertz CT molecular complexity index is 1550. The molecular weight excluding hydrogens is 647 g/mol. The number of fused-ring (bicyclic) bond motifs is 4. The van der Waals surface area contributed by atoms with Crippen LogP contribution >= 0.6 is 11.3 Å². The van der Waals surface area contributed by atoms with Gasteiger partial charge in [-0.05, 0) is 36.7 Å². The fourth-order valence-electron chi connectivity index (χ4n) is 4.13. The Morgan fingerprint density at radius 1 is 0.971 bits per heavy atom. The summed E-state index contributed by atoms with van der Waals surface area (Å²) in [5, 5.41) is 17.0. The average Bonchev–Trinajstić information content (AvgIpc) is 3.27. The van der Waals surface area contributed by atoms with Crippen LogP contribution in [0.5, 0.6) is 0 Å². The standard InChI is InChI=1S/C24H20NSSi.C5H8O2.Ir/c1-27(2,3)22-15-17(14-16-8-4-5-9-18(16)22)23-20-12-13-26-24(20)19-10-6-7-11-21(19)25-23;1-4(6)3-5(2)7;/h4-13,15H,1-3H3;3,6H,1-2H3;/q-1;;/b;4-3-;. The molecule has 35 heavy (non-hydrogen) atoms. The van der Waals surface area contributed by atoms with E-state index in [0.717, 1.165) is 16.8 Å². The van der Waals surface area contributed by atoms with Gasteiger partial charge in [-0.2, -0.15) is 0 Å². The summed E-state index contributed by atoms with van der Waals surface area (Å²) in [5.41, 5.74) is 3.22. The molecule has 0 aliphatic heterocycles. The Labute approximate surface area is 224 Å². The van der Waals surface area contributed by atoms with Crippen molar-refractivity contribution in [1.82, 2.24) is 4.98 Å². The van der Waals surface area contributed by atoms with E-state index < -0.39 is 8.07 Å². The third-order valence-electron chi connectivity index (χ3n) is 5.55. The minimum absolute atomic E-state index is 0. The fraction of sp³-hybridized carbons (Fsp3) is 0.172. The first-order valence-corrected chi connectivity index (χ1v) is 15.6. The monoisotopic (exact) mass is 675 g/mol. The number of para-hydroxylation sites is 1. The molecule has 181 valence electrons. The van der Waals surface area contributed by atoms with Gasteiger partial charge >= 0.3 is 0 Å². The Hall–Kier alpha value is -2.63. The molecule has 0 spiro atoms. The third kappa shape index (κ3) is 5.96. The van der Waals surface area contributed by atoms with E-state index in [2.05, 4.69) is 91.8 Å². The van der Waals surface area contributed by atoms with Gasteiger partial charge in [0, 0.05) is 42.0 Å². The predicted octanol–water partition coefficient (Wildman–Crippen LogP) is 7.65. The molecule has 0 atom stereocenters. The molecule has 5 aromatic rings. The minimum atomic E-state index is -1.51. The number of carbonyl (C=O) groups is 1. The normalized spacial score (nSPS) is 11.7. The summed E-state index contributed by atoms with van der Waals surface area (Å²) in [6, 6.07) is 25.3. The molecule has 0 aliphatic rings. The number of thiophene rings is 1. The number of ketones is 1. The third-order valence-corrected chi connectivity index (χ3v) is 8.53. The van der Waals surface area contributed by atoms with Crippen molar-refractivity contribution in [3.63, 3.8) is 0 Å². The number of aromatic nitrogens is 1. The number of hydrogen-bond acceptors (Lipinski definition) is 4. The first kappa shape index (κ1) is 27.0. The van der Waals surface area contributed by atoms with Crippen LogP contribution < -0.4 is 5.19 Å². The molecule has 2 aromatic heterocycles. The van der Waals surface area contributed by atoms with Crippen LogP contribution in [0.15, 0.2) is 77.9 Å². The van der Waals surface area contributed by atoms with Crippen molar-refractivity contribution in [3.8, 4) is 11.3 Å². The number of aliphatic hydroxyl groups excluding tert-OH is 1. The Balaban J connectivity index is 0.000000378. The summed E-state index contributed by atoms with van der Waals surface area (Å²) >= 11 is 1.79. The number of benzene rings is 3. The second-order valence-electron chi connectivity index (χ2n) is 9.43. The van der Waals surface area contributed by atoms with Gasteiger partial charge in [-0.25, -0.2) is 0 Å². The van der Waals surface area contributed by atoms with Gasteiger partial charge in [0.1, 0.15) is 0 Å². The quantitative estimate of drug-likeness (QED) is 0.0926. The van der Waals surface area contributed by atoms with Crippen molar-refractivity contribution < 1.29 is 30.0 Å². The van der Waals surface area contributed by atoms with Gasteiger partial charge in [0.15, 0.2) is 5.78 Å². The van der Waals surface area contributed by atoms with Gasteiger partial charge in [0.2, 0.25) is 0 Å². The van der Waals surface area contributed by atoms with Crippen molar-refractivity contribution in [2.45, 2.75) is 33.5 Å². The van der Waals surface area contributed by atoms with E-state index >= 15 is 0 Å². The zero-order valence-corrected chi connectivity index (χ0v) is 24.7. The van der Waals surface area contributed by atoms with Crippen LogP contribution in [0.4, 0.5) is 0 Å². The maximum absolute atomic E-state index is 10.0. The topological polar surface area (TPSA) is 50.2 Å². The van der Waals surface area contributed by atoms with E-state index in [4.69, 9.17) is 10.1 Å². The zero-order chi connectivity index (χ0) is 24.5. The van der Waals surface area contributed by atoms with Gasteiger partial charge in [-0.3, -0.25) is 9.78 Å². The molecule has 3 nitrogen and oxygen atoms in total. The molecule has 0 saturated heterocycles. The van der Waals surface area contributed by atoms with Crippen LogP contribution in [0.3, 0.4) is 0 Å². The molecule has 0 aliphatic carbocycles. The van der Waals surface area contributed by atoms with Crippen LogP contribution in [-0.4, -0.2) is 23.9 Å². The molecular formula is C29H28IrNO2SSi-. The SMILES string of the molecule is CC(=O)/C=C(/C)O.C[Si](C)(C)c1cc(-c2nc3ccccc3c3sccc23)[c-]c2ccccc12.[Ir]. The second-order valence-corrected chi connectivity index (χ2v) is 15.4. The summed E-state index contributed by atoms with van der Waals surface area (Å²) in [6.07, 6.45) is 1.17. The van der Waals surface area contributed by atoms with Crippen molar-refractivity contribution in [2.75, 3.05) is 0 Å². The largest absolute Gasteiger partial charge is 0.512 e. The molecule has 6 heteroatoms. The molecule has 5 rings (SSSR count). The number of rotatable bonds is 3. The molecule has 0 bridgehead atoms. The van der Waals surface area contributed by atoms with Crippen LogP contribution in [0.25, 0.3) is 43.0 Å². The molecule has 1 radical (unpaired) electrons. The van der Waals surface area contributed by atoms with Crippen LogP contribution in [0.1, 0.15) is 13.8 Å². The average molecular weight is 675 g/mol. The summed E-state index contributed by atoms with van der Waals surface area (Å²) < 4.78 is 1.31. The van der Waals surface area contributed by atoms with Crippen LogP contribution in [0.2, 0.25) is 19.6 Å². The Morgan fingerprint density at radius 3 is 2.26 bits per heavy atom. The first-order chi connectivity index (χ1) is 16.1. The van der Waals surface area contributed by atoms with E-state index in [1.807, 2.05) is 0 Å². The summed E-state index contributed by atoms with van der Waals surface area (Å²) in [6.45, 7) is 10.1. The maximum Gasteiger partial charge on any atom is 0.155 e. The number of aliphatic hydroxyl groups is 1. The summed E-state index contributed by atoms with van der Waals surface area (Å²) in [4.78, 5) is 15.1. The smallest absolute Gasteiger partial charge is 0.155 e. The van der Waals surface area contributed by atoms with Gasteiger partial charge in [0.25, 0.3) is 0 Å². The first-order valence-electron chi connectivity index (χ1n) is 11.2. The minimum Gasteiger partial charge on any atom is -0.512 e. The summed E-state index contributed by atoms with van der Waals surface area (Å²) in [5.74, 6) is -0.0625. The number of carbonyl (C=O) groups excluding carboxylic acids is 1. The van der Waals surface area contributed by atoms with Gasteiger partial charge in [-0.1, -0.05) is 67.0 Å². The molecule has 3 aromatic carbocycles. The van der Waals surface area contributed by atoms with Gasteiger partial charge < -0.3 is 5.11 Å². The number of hydrogen-bond donors (Lipinski definition) is 1. The predicted molar refractivity (Wildman–Crippen MR) is 149 cm³/mol. The molecule has 0 amide bonds. The van der Waals surface area contributed by atoms with E-state index in [0.29, 0.717) is 0 Å². The van der Waals surface area contributed by atoms with Crippen LogP contribution in [-0.2, 0) is 24.9 Å². The van der Waals surface area contributed by atoms with Gasteiger partial charge in [0.05, 0.1) is 19.3 Å². The number of allylic oxidation sites excluding steroid dienone is 2. The molecule has 0 saturated carbocycles. The van der Waals surface area contributed by atoms with Crippen molar-refractivity contribution >= 4 is 62.1 Å². The number of pyridine rings is 1. The van der Waals surface area contributed by atoms with Crippen molar-refractivity contribution in [1.29, 1.82) is 0 Å².